The number of fused-ring (bicyclic) bond motifs is 12. The van der Waals surface area contributed by atoms with E-state index in [9.17, 15) is 38.7 Å². The van der Waals surface area contributed by atoms with Crippen LogP contribution in [0, 0.1) is 135 Å². The van der Waals surface area contributed by atoms with Gasteiger partial charge in [-0.05, 0) is 317 Å². The topological polar surface area (TPSA) is 204 Å². The van der Waals surface area contributed by atoms with Crippen molar-refractivity contribution in [3.05, 3.63) is 48.6 Å². The molecule has 12 fully saturated rings. The van der Waals surface area contributed by atoms with Crippen LogP contribution in [0.5, 0.6) is 0 Å². The zero-order chi connectivity index (χ0) is 73.4. The molecule has 16 rings (SSSR count). The minimum atomic E-state index is -0.551. The van der Waals surface area contributed by atoms with Crippen molar-refractivity contribution in [2.24, 2.45) is 135 Å². The summed E-state index contributed by atoms with van der Waals surface area (Å²) in [4.78, 5) is 88.9. The van der Waals surface area contributed by atoms with E-state index in [1.807, 2.05) is 83.1 Å². The van der Waals surface area contributed by atoms with Gasteiger partial charge in [0.1, 0.15) is 40.7 Å². The molecule has 0 aromatic carbocycles. The van der Waals surface area contributed by atoms with Crippen LogP contribution >= 0.6 is 0 Å². The second-order valence-corrected chi connectivity index (χ2v) is 40.5. The highest BCUT2D eigenvalue weighted by Gasteiger charge is 2.64. The molecular formula is C87H130O15. The molecule has 12 saturated carbocycles. The lowest BCUT2D eigenvalue weighted by Gasteiger charge is -2.55. The number of aliphatic hydroxyl groups excluding tert-OH is 1. The fourth-order valence-corrected chi connectivity index (χ4v) is 23.7. The van der Waals surface area contributed by atoms with Gasteiger partial charge in [0.25, 0.3) is 0 Å². The Kier molecular flexibility index (Phi) is 22.4. The van der Waals surface area contributed by atoms with E-state index in [-0.39, 0.29) is 132 Å². The average Bonchev–Trinajstić information content (AvgIpc) is 1.47. The molecular weight excluding hydrogens is 1280 g/mol. The summed E-state index contributed by atoms with van der Waals surface area (Å²) in [6.45, 7) is 29.4. The van der Waals surface area contributed by atoms with E-state index in [0.717, 1.165) is 95.3 Å². The molecule has 102 heavy (non-hydrogen) atoms. The Morgan fingerprint density at radius 2 is 0.804 bits per heavy atom. The third-order valence-corrected chi connectivity index (χ3v) is 28.1. The Hall–Kier alpha value is -4.79. The third-order valence-electron chi connectivity index (χ3n) is 28.1. The van der Waals surface area contributed by atoms with Crippen LogP contribution in [0.2, 0.25) is 0 Å². The molecule has 15 nitrogen and oxygen atoms in total. The summed E-state index contributed by atoms with van der Waals surface area (Å²) in [5.41, 5.74) is -2.11. The summed E-state index contributed by atoms with van der Waals surface area (Å²) < 4.78 is 40.4. The largest absolute Gasteiger partial charge is 0.461 e. The number of hydrogen-bond donors (Lipinski definition) is 1. The molecule has 0 saturated heterocycles. The van der Waals surface area contributed by atoms with Crippen LogP contribution < -0.4 is 0 Å². The quantitative estimate of drug-likeness (QED) is 0.0726. The number of carbonyl (C=O) groups excluding carboxylic acids is 7. The van der Waals surface area contributed by atoms with Crippen LogP contribution in [-0.2, 0) is 66.7 Å². The minimum Gasteiger partial charge on any atom is -0.461 e. The normalized spacial score (nSPS) is 39.1. The first kappa shape index (κ1) is 76.8. The van der Waals surface area contributed by atoms with Crippen LogP contribution in [0.15, 0.2) is 48.6 Å². The summed E-state index contributed by atoms with van der Waals surface area (Å²) in [7, 11) is 0. The van der Waals surface area contributed by atoms with Crippen molar-refractivity contribution in [3.63, 3.8) is 0 Å². The molecule has 1 N–H and O–H groups in total. The second kappa shape index (κ2) is 29.8. The highest BCUT2D eigenvalue weighted by atomic mass is 16.6. The number of rotatable bonds is 19. The Balaban J connectivity index is 0.000000131. The van der Waals surface area contributed by atoms with Gasteiger partial charge in [-0.15, -0.1) is 0 Å². The van der Waals surface area contributed by atoms with Crippen molar-refractivity contribution in [1.29, 1.82) is 0 Å². The number of ether oxygens (including phenoxy) is 7. The summed E-state index contributed by atoms with van der Waals surface area (Å²) in [5.74, 6) is 8.64. The first-order valence-corrected chi connectivity index (χ1v) is 40.6. The lowest BCUT2D eigenvalue weighted by atomic mass is 9.49. The number of allylic oxidation sites excluding steroid dienone is 8. The molecule has 0 amide bonds. The van der Waals surface area contributed by atoms with Crippen molar-refractivity contribution >= 4 is 41.8 Å². The molecule has 15 heteroatoms. The van der Waals surface area contributed by atoms with Crippen molar-refractivity contribution in [2.45, 2.75) is 318 Å². The highest BCUT2D eigenvalue weighted by Crippen LogP contribution is 2.69. The minimum absolute atomic E-state index is 0.000196. The number of esters is 7. The smallest absolute Gasteiger partial charge is 0.312 e. The van der Waals surface area contributed by atoms with Crippen molar-refractivity contribution < 1.29 is 71.8 Å². The SMILES string of the molecule is CC(C)(C)OC(=O)CC(O)C1CC2C=CC1C2.CC(C)(C)OC(=O)CC(OC(=O)C12CC3CC(CC(C3)C1)C2)C1CC2C=CC1C2.CC(C)(C)OC(=O)CC(OC(=O)C1CC2CCC1(C)C2(C)C)C1CC2C=CC1C2.CC(C)(C)OC(=O)CC(OC(=O)CC1CC2CCC1C2)C1CC2C=CC1C2. The van der Waals surface area contributed by atoms with Gasteiger partial charge in [0.05, 0.1) is 43.1 Å². The summed E-state index contributed by atoms with van der Waals surface area (Å²) in [6.07, 6.45) is 41.6. The lowest BCUT2D eigenvalue weighted by molar-refractivity contribution is -0.183. The number of aliphatic hydroxyl groups is 1. The molecule has 568 valence electrons. The van der Waals surface area contributed by atoms with Gasteiger partial charge < -0.3 is 38.3 Å². The highest BCUT2D eigenvalue weighted by molar-refractivity contribution is 5.79. The third kappa shape index (κ3) is 18.1. The fourth-order valence-electron chi connectivity index (χ4n) is 23.7. The average molecular weight is 1420 g/mol. The monoisotopic (exact) mass is 1410 g/mol. The van der Waals surface area contributed by atoms with E-state index < -0.39 is 28.5 Å². The maximum absolute atomic E-state index is 13.5. The second-order valence-electron chi connectivity index (χ2n) is 40.5. The van der Waals surface area contributed by atoms with E-state index in [4.69, 9.17) is 33.2 Å². The van der Waals surface area contributed by atoms with E-state index in [0.29, 0.717) is 83.4 Å². The van der Waals surface area contributed by atoms with E-state index in [1.54, 1.807) is 0 Å². The lowest BCUT2D eigenvalue weighted by Crippen LogP contribution is -2.51. The van der Waals surface area contributed by atoms with E-state index >= 15 is 0 Å². The molecule has 0 aliphatic heterocycles. The maximum Gasteiger partial charge on any atom is 0.312 e. The van der Waals surface area contributed by atoms with Crippen molar-refractivity contribution in [3.8, 4) is 0 Å². The Labute approximate surface area is 611 Å². The van der Waals surface area contributed by atoms with Crippen LogP contribution in [0.25, 0.3) is 0 Å². The predicted molar refractivity (Wildman–Crippen MR) is 390 cm³/mol. The van der Waals surface area contributed by atoms with Crippen LogP contribution in [-0.4, -0.2) is 93.7 Å². The van der Waals surface area contributed by atoms with Crippen LogP contribution in [0.4, 0.5) is 0 Å². The molecule has 0 aromatic rings. The molecule has 22 unspecified atom stereocenters. The first-order valence-electron chi connectivity index (χ1n) is 40.6. The molecule has 16 bridgehead atoms. The van der Waals surface area contributed by atoms with Gasteiger partial charge in [-0.25, -0.2) is 0 Å². The Bertz CT molecular complexity index is 3160. The van der Waals surface area contributed by atoms with Gasteiger partial charge in [0.2, 0.25) is 0 Å². The van der Waals surface area contributed by atoms with Crippen molar-refractivity contribution in [2.75, 3.05) is 0 Å². The molecule has 16 aliphatic carbocycles. The van der Waals surface area contributed by atoms with Gasteiger partial charge in [-0.1, -0.05) is 75.8 Å². The predicted octanol–water partition coefficient (Wildman–Crippen LogP) is 17.3. The van der Waals surface area contributed by atoms with Gasteiger partial charge in [-0.2, -0.15) is 0 Å². The standard InChI is InChI=1S/C25H36O4.C25H38O4.C23H34O4.C14H22O3/c1-24(2,3)29-22(26)11-21(20-10-15-4-5-19(20)9-15)28-23(27)25-12-16-6-17(13-25)8-18(7-16)14-25;1-23(2,3)29-21(26)14-20(18-12-15-7-8-16(18)11-15)28-22(27)19-13-17-9-10-25(19,6)24(17,4)5;1-23(2,3)27-22(25)13-20(19-11-15-5-7-17(19)9-15)26-21(24)12-18-10-14-4-6-16(18)8-14;1-14(2,3)17-13(16)8-12(15)11-7-9-4-5-10(11)6-9/h4-5,15-21H,6-14H2,1-3H3;7-8,15-20H,9-14H2,1-6H3;5,7,14-20H,4,6,8-13H2,1-3H3;4-5,9-12,15H,6-8H2,1-3H3. The molecule has 0 radical (unpaired) electrons. The first-order chi connectivity index (χ1) is 47.7. The number of hydrogen-bond acceptors (Lipinski definition) is 15. The molecule has 22 atom stereocenters. The zero-order valence-corrected chi connectivity index (χ0v) is 65.0. The van der Waals surface area contributed by atoms with E-state index in [2.05, 4.69) is 69.4 Å². The summed E-state index contributed by atoms with van der Waals surface area (Å²) in [5, 5.41) is 10.1. The van der Waals surface area contributed by atoms with Crippen LogP contribution in [0.3, 0.4) is 0 Å². The zero-order valence-electron chi connectivity index (χ0n) is 65.0. The van der Waals surface area contributed by atoms with Crippen LogP contribution in [0.1, 0.15) is 271 Å². The molecule has 16 aliphatic rings. The van der Waals surface area contributed by atoms with E-state index in [1.165, 1.54) is 51.4 Å². The summed E-state index contributed by atoms with van der Waals surface area (Å²) in [6, 6.07) is 0. The summed E-state index contributed by atoms with van der Waals surface area (Å²) >= 11 is 0. The molecule has 0 heterocycles. The van der Waals surface area contributed by atoms with Gasteiger partial charge >= 0.3 is 41.8 Å². The molecule has 0 spiro atoms. The van der Waals surface area contributed by atoms with Crippen molar-refractivity contribution in [1.82, 2.24) is 0 Å². The van der Waals surface area contributed by atoms with Gasteiger partial charge in [-0.3, -0.25) is 33.6 Å². The van der Waals surface area contributed by atoms with Gasteiger partial charge in [0.15, 0.2) is 0 Å². The fraction of sp³-hybridized carbons (Fsp3) is 0.828. The maximum atomic E-state index is 13.5. The van der Waals surface area contributed by atoms with Gasteiger partial charge in [0, 0.05) is 24.2 Å². The molecule has 0 aromatic heterocycles. The Morgan fingerprint density at radius 1 is 0.412 bits per heavy atom. The Morgan fingerprint density at radius 3 is 1.14 bits per heavy atom. The number of carbonyl (C=O) groups is 7.